The third kappa shape index (κ3) is 4.45. The summed E-state index contributed by atoms with van der Waals surface area (Å²) in [6.07, 6.45) is 7.97. The number of aliphatic imine (C=N–C) groups is 1. The van der Waals surface area contributed by atoms with Crippen molar-refractivity contribution >= 4 is 11.4 Å². The summed E-state index contributed by atoms with van der Waals surface area (Å²) >= 11 is 0. The monoisotopic (exact) mass is 408 g/mol. The van der Waals surface area contributed by atoms with Gasteiger partial charge in [-0.3, -0.25) is 4.79 Å². The number of nitrogens with two attached hydrogens (primary N) is 1. The van der Waals surface area contributed by atoms with Gasteiger partial charge >= 0.3 is 0 Å². The van der Waals surface area contributed by atoms with Crippen LogP contribution in [0.5, 0.6) is 0 Å². The van der Waals surface area contributed by atoms with Crippen LogP contribution in [0.25, 0.3) is 17.1 Å². The van der Waals surface area contributed by atoms with E-state index in [4.69, 9.17) is 5.73 Å². The topological polar surface area (TPSA) is 99.0 Å². The van der Waals surface area contributed by atoms with Gasteiger partial charge in [-0.05, 0) is 61.2 Å². The Morgan fingerprint density at radius 3 is 2.52 bits per heavy atom. The number of rotatable bonds is 5. The average molecular weight is 408 g/mol. The van der Waals surface area contributed by atoms with E-state index in [2.05, 4.69) is 20.1 Å². The van der Waals surface area contributed by atoms with Crippen LogP contribution in [0.15, 0.2) is 101 Å². The molecule has 31 heavy (non-hydrogen) atoms. The van der Waals surface area contributed by atoms with E-state index in [1.165, 1.54) is 12.3 Å². The van der Waals surface area contributed by atoms with Gasteiger partial charge in [0.25, 0.3) is 0 Å². The van der Waals surface area contributed by atoms with Crippen LogP contribution in [0.3, 0.4) is 0 Å². The predicted octanol–water partition coefficient (Wildman–Crippen LogP) is 3.59. The molecule has 0 saturated heterocycles. The smallest absolute Gasteiger partial charge is 0.209 e. The molecule has 0 radical (unpaired) electrons. The molecule has 4 aromatic rings. The lowest BCUT2D eigenvalue weighted by atomic mass is 10.1. The van der Waals surface area contributed by atoms with Gasteiger partial charge < -0.3 is 5.73 Å². The fraction of sp³-hybridized carbons (Fsp3) is 0.0417. The van der Waals surface area contributed by atoms with E-state index in [-0.39, 0.29) is 11.1 Å². The van der Waals surface area contributed by atoms with E-state index in [1.54, 1.807) is 35.4 Å². The van der Waals surface area contributed by atoms with Gasteiger partial charge in [-0.15, -0.1) is 0 Å². The molecular weight excluding hydrogens is 388 g/mol. The third-order valence-corrected chi connectivity index (χ3v) is 4.58. The van der Waals surface area contributed by atoms with Crippen molar-refractivity contribution < 1.29 is 0 Å². The minimum atomic E-state index is -0.240. The summed E-state index contributed by atoms with van der Waals surface area (Å²) in [6.45, 7) is 1.97. The van der Waals surface area contributed by atoms with Crippen molar-refractivity contribution in [1.29, 1.82) is 0 Å². The standard InChI is InChI=1S/C24H20N6O/c1-17-16-18(24-26-13-5-14-27-24)8-9-21(17)30-15-11-22(31)23(29-30)20(10-12-25)28-19-6-3-2-4-7-19/h2-16H,25H2,1H3. The molecule has 0 aliphatic heterocycles. The van der Waals surface area contributed by atoms with Gasteiger partial charge in [0.1, 0.15) is 0 Å². The average Bonchev–Trinajstić information content (AvgIpc) is 2.80. The fourth-order valence-electron chi connectivity index (χ4n) is 3.12. The maximum Gasteiger partial charge on any atom is 0.209 e. The number of benzene rings is 2. The molecule has 7 nitrogen and oxygen atoms in total. The van der Waals surface area contributed by atoms with Crippen molar-refractivity contribution in [2.45, 2.75) is 6.92 Å². The molecule has 4 rings (SSSR count). The lowest BCUT2D eigenvalue weighted by molar-refractivity contribution is 0.823. The zero-order valence-corrected chi connectivity index (χ0v) is 16.9. The molecule has 2 aromatic heterocycles. The van der Waals surface area contributed by atoms with Crippen molar-refractivity contribution in [3.63, 3.8) is 0 Å². The largest absolute Gasteiger partial charge is 0.405 e. The SMILES string of the molecule is Cc1cc(-c2ncccn2)ccc1-n1ccc(=O)c(C(C=CN)=Nc2ccccc2)n1. The number of nitrogens with zero attached hydrogens (tertiary/aromatic N) is 5. The number of aryl methyl sites for hydroxylation is 1. The molecule has 2 N–H and O–H groups in total. The minimum Gasteiger partial charge on any atom is -0.405 e. The third-order valence-electron chi connectivity index (χ3n) is 4.58. The summed E-state index contributed by atoms with van der Waals surface area (Å²) < 4.78 is 1.66. The summed E-state index contributed by atoms with van der Waals surface area (Å²) in [4.78, 5) is 25.7. The van der Waals surface area contributed by atoms with Crippen LogP contribution >= 0.6 is 0 Å². The Bertz CT molecular complexity index is 1310. The molecule has 7 heteroatoms. The van der Waals surface area contributed by atoms with E-state index in [9.17, 15) is 4.79 Å². The first-order valence-electron chi connectivity index (χ1n) is 9.66. The summed E-state index contributed by atoms with van der Waals surface area (Å²) in [6, 6.07) is 18.4. The molecule has 0 unspecified atom stereocenters. The number of aromatic nitrogens is 4. The molecule has 0 bridgehead atoms. The van der Waals surface area contributed by atoms with E-state index in [1.807, 2.05) is 55.5 Å². The van der Waals surface area contributed by atoms with Crippen LogP contribution in [-0.4, -0.2) is 25.5 Å². The highest BCUT2D eigenvalue weighted by molar-refractivity contribution is 6.08. The van der Waals surface area contributed by atoms with Crippen LogP contribution in [0.4, 0.5) is 5.69 Å². The molecule has 0 atom stereocenters. The zero-order valence-electron chi connectivity index (χ0n) is 16.9. The highest BCUT2D eigenvalue weighted by Gasteiger charge is 2.12. The van der Waals surface area contributed by atoms with Crippen molar-refractivity contribution in [3.8, 4) is 17.1 Å². The van der Waals surface area contributed by atoms with Crippen LogP contribution in [0.1, 0.15) is 11.3 Å². The van der Waals surface area contributed by atoms with E-state index in [0.29, 0.717) is 17.2 Å². The van der Waals surface area contributed by atoms with E-state index < -0.39 is 0 Å². The summed E-state index contributed by atoms with van der Waals surface area (Å²) in [5.41, 5.74) is 9.36. The summed E-state index contributed by atoms with van der Waals surface area (Å²) in [7, 11) is 0. The first-order valence-corrected chi connectivity index (χ1v) is 9.66. The molecule has 0 spiro atoms. The molecule has 0 saturated carbocycles. The first kappa shape index (κ1) is 19.9. The Morgan fingerprint density at radius 1 is 1.03 bits per heavy atom. The van der Waals surface area contributed by atoms with Crippen molar-refractivity contribution in [1.82, 2.24) is 19.7 Å². The van der Waals surface area contributed by atoms with Crippen LogP contribution < -0.4 is 11.2 Å². The van der Waals surface area contributed by atoms with E-state index in [0.717, 1.165) is 16.8 Å². The fourth-order valence-corrected chi connectivity index (χ4v) is 3.12. The number of para-hydroxylation sites is 1. The normalized spacial score (nSPS) is 11.7. The molecular formula is C24H20N6O. The predicted molar refractivity (Wildman–Crippen MR) is 122 cm³/mol. The molecule has 2 heterocycles. The molecule has 152 valence electrons. The van der Waals surface area contributed by atoms with Crippen molar-refractivity contribution in [3.05, 3.63) is 113 Å². The van der Waals surface area contributed by atoms with Gasteiger partial charge in [-0.25, -0.2) is 19.6 Å². The number of allylic oxidation sites excluding steroid dienone is 1. The molecule has 2 aromatic carbocycles. The second-order valence-electron chi connectivity index (χ2n) is 6.74. The Kier molecular flexibility index (Phi) is 5.75. The highest BCUT2D eigenvalue weighted by Crippen LogP contribution is 2.21. The zero-order chi connectivity index (χ0) is 21.6. The molecule has 0 fully saturated rings. The van der Waals surface area contributed by atoms with Gasteiger partial charge in [0.2, 0.25) is 5.43 Å². The van der Waals surface area contributed by atoms with Crippen molar-refractivity contribution in [2.75, 3.05) is 0 Å². The maximum absolute atomic E-state index is 12.6. The van der Waals surface area contributed by atoms with Gasteiger partial charge in [0.05, 0.1) is 17.1 Å². The Balaban J connectivity index is 1.77. The number of hydrogen-bond donors (Lipinski definition) is 1. The minimum absolute atomic E-state index is 0.211. The Labute approximate surface area is 179 Å². The Hall–Kier alpha value is -4.39. The lowest BCUT2D eigenvalue weighted by Crippen LogP contribution is -2.20. The first-order chi connectivity index (χ1) is 15.2. The van der Waals surface area contributed by atoms with Gasteiger partial charge in [0.15, 0.2) is 11.5 Å². The van der Waals surface area contributed by atoms with Crippen LogP contribution in [-0.2, 0) is 0 Å². The second-order valence-corrected chi connectivity index (χ2v) is 6.74. The summed E-state index contributed by atoms with van der Waals surface area (Å²) in [5.74, 6) is 0.649. The molecule has 0 aliphatic rings. The molecule has 0 aliphatic carbocycles. The van der Waals surface area contributed by atoms with Gasteiger partial charge in [-0.1, -0.05) is 18.2 Å². The number of hydrogen-bond acceptors (Lipinski definition) is 6. The summed E-state index contributed by atoms with van der Waals surface area (Å²) in [5, 5.41) is 4.56. The second kappa shape index (κ2) is 8.96. The lowest BCUT2D eigenvalue weighted by Gasteiger charge is -2.11. The Morgan fingerprint density at radius 2 is 1.81 bits per heavy atom. The van der Waals surface area contributed by atoms with Gasteiger partial charge in [-0.2, -0.15) is 5.10 Å². The highest BCUT2D eigenvalue weighted by atomic mass is 16.1. The van der Waals surface area contributed by atoms with Gasteiger partial charge in [0, 0.05) is 30.2 Å². The van der Waals surface area contributed by atoms with Crippen molar-refractivity contribution in [2.24, 2.45) is 10.7 Å². The quantitative estimate of drug-likeness (QED) is 0.509. The van der Waals surface area contributed by atoms with Crippen LogP contribution in [0.2, 0.25) is 0 Å². The molecule has 0 amide bonds. The van der Waals surface area contributed by atoms with E-state index >= 15 is 0 Å². The van der Waals surface area contributed by atoms with Crippen LogP contribution in [0, 0.1) is 6.92 Å². The maximum atomic E-state index is 12.6.